The zero-order valence-corrected chi connectivity index (χ0v) is 13.9. The molecule has 2 aliphatic rings. The summed E-state index contributed by atoms with van der Waals surface area (Å²) in [6.07, 6.45) is 2.83. The highest BCUT2D eigenvalue weighted by Crippen LogP contribution is 2.30. The van der Waals surface area contributed by atoms with Crippen molar-refractivity contribution in [1.29, 1.82) is 0 Å². The van der Waals surface area contributed by atoms with Gasteiger partial charge < -0.3 is 10.1 Å². The molecule has 128 valence electrons. The highest BCUT2D eigenvalue weighted by atomic mass is 32.2. The van der Waals surface area contributed by atoms with Crippen molar-refractivity contribution in [3.8, 4) is 0 Å². The monoisotopic (exact) mass is 342 g/mol. The van der Waals surface area contributed by atoms with Gasteiger partial charge in [0, 0.05) is 25.7 Å². The Morgan fingerprint density at radius 3 is 2.87 bits per heavy atom. The van der Waals surface area contributed by atoms with Crippen LogP contribution in [0.25, 0.3) is 0 Å². The van der Waals surface area contributed by atoms with E-state index in [1.807, 2.05) is 6.07 Å². The molecule has 1 saturated heterocycles. The number of hydrogen-bond acceptors (Lipinski definition) is 4. The van der Waals surface area contributed by atoms with Crippen molar-refractivity contribution in [2.45, 2.75) is 25.3 Å². The number of sulfonamides is 1. The van der Waals surface area contributed by atoms with Crippen LogP contribution < -0.4 is 5.32 Å². The largest absolute Gasteiger partial charge is 0.379 e. The molecule has 0 radical (unpaired) electrons. The minimum Gasteiger partial charge on any atom is -0.379 e. The van der Waals surface area contributed by atoms with Gasteiger partial charge in [-0.25, -0.2) is 12.8 Å². The van der Waals surface area contributed by atoms with Gasteiger partial charge in [-0.05, 0) is 42.5 Å². The molecule has 1 heterocycles. The van der Waals surface area contributed by atoms with E-state index in [9.17, 15) is 12.8 Å². The molecule has 23 heavy (non-hydrogen) atoms. The van der Waals surface area contributed by atoms with Gasteiger partial charge in [0.2, 0.25) is 10.0 Å². The Morgan fingerprint density at radius 2 is 2.09 bits per heavy atom. The standard InChI is InChI=1S/C16H23FN2O3S/c17-14-4-5-15-13(12-14)2-1-3-16(15)18-6-11-23(20,21)19-7-9-22-10-8-19/h4-5,12,16,18H,1-3,6-11H2/t16-/m1/s1. The molecular formula is C16H23FN2O3S. The molecule has 0 spiro atoms. The lowest BCUT2D eigenvalue weighted by molar-refractivity contribution is 0.0730. The topological polar surface area (TPSA) is 58.6 Å². The summed E-state index contributed by atoms with van der Waals surface area (Å²) in [6.45, 7) is 2.21. The fraction of sp³-hybridized carbons (Fsp3) is 0.625. The van der Waals surface area contributed by atoms with E-state index in [0.29, 0.717) is 32.8 Å². The fourth-order valence-electron chi connectivity index (χ4n) is 3.31. The van der Waals surface area contributed by atoms with Crippen LogP contribution in [0.1, 0.15) is 30.0 Å². The van der Waals surface area contributed by atoms with Crippen LogP contribution >= 0.6 is 0 Å². The number of aryl methyl sites for hydroxylation is 1. The van der Waals surface area contributed by atoms with Crippen molar-refractivity contribution >= 4 is 10.0 Å². The lowest BCUT2D eigenvalue weighted by Gasteiger charge is -2.28. The van der Waals surface area contributed by atoms with Gasteiger partial charge in [0.1, 0.15) is 5.82 Å². The Kier molecular flexibility index (Phi) is 5.31. The number of morpholine rings is 1. The molecule has 1 fully saturated rings. The first-order chi connectivity index (χ1) is 11.1. The second-order valence-electron chi connectivity index (χ2n) is 6.07. The third kappa shape index (κ3) is 4.09. The summed E-state index contributed by atoms with van der Waals surface area (Å²) in [5, 5.41) is 3.33. The Bertz CT molecular complexity index is 645. The first-order valence-electron chi connectivity index (χ1n) is 8.13. The molecule has 1 atom stereocenters. The molecule has 1 aliphatic carbocycles. The quantitative estimate of drug-likeness (QED) is 0.880. The van der Waals surface area contributed by atoms with Crippen LogP contribution in [-0.2, 0) is 21.2 Å². The average molecular weight is 342 g/mol. The van der Waals surface area contributed by atoms with Crippen LogP contribution in [-0.4, -0.2) is 51.3 Å². The fourth-order valence-corrected chi connectivity index (χ4v) is 4.65. The predicted molar refractivity (Wildman–Crippen MR) is 86.3 cm³/mol. The first kappa shape index (κ1) is 16.8. The second-order valence-corrected chi connectivity index (χ2v) is 8.16. The minimum atomic E-state index is -3.24. The first-order valence-corrected chi connectivity index (χ1v) is 9.74. The van der Waals surface area contributed by atoms with Crippen molar-refractivity contribution in [3.05, 3.63) is 35.1 Å². The Balaban J connectivity index is 1.57. The lowest BCUT2D eigenvalue weighted by atomic mass is 9.87. The van der Waals surface area contributed by atoms with Crippen LogP contribution in [0.4, 0.5) is 4.39 Å². The molecule has 0 bridgehead atoms. The van der Waals surface area contributed by atoms with Crippen LogP contribution in [0, 0.1) is 5.82 Å². The minimum absolute atomic E-state index is 0.0834. The number of fused-ring (bicyclic) bond motifs is 1. The molecule has 1 aliphatic heterocycles. The zero-order valence-electron chi connectivity index (χ0n) is 13.1. The summed E-state index contributed by atoms with van der Waals surface area (Å²) in [5.74, 6) is -0.126. The number of ether oxygens (including phenoxy) is 1. The maximum absolute atomic E-state index is 13.3. The number of hydrogen-bond donors (Lipinski definition) is 1. The van der Waals surface area contributed by atoms with E-state index < -0.39 is 10.0 Å². The zero-order chi connectivity index (χ0) is 16.3. The van der Waals surface area contributed by atoms with Crippen molar-refractivity contribution in [2.24, 2.45) is 0 Å². The van der Waals surface area contributed by atoms with Gasteiger partial charge in [-0.3, -0.25) is 0 Å². The Labute approximate surface area is 136 Å². The molecule has 0 aromatic heterocycles. The summed E-state index contributed by atoms with van der Waals surface area (Å²) < 4.78 is 44.6. The number of nitrogens with zero attached hydrogens (tertiary/aromatic N) is 1. The van der Waals surface area contributed by atoms with E-state index in [4.69, 9.17) is 4.74 Å². The smallest absolute Gasteiger partial charge is 0.215 e. The molecule has 1 aromatic carbocycles. The van der Waals surface area contributed by atoms with Crippen LogP contribution in [0.5, 0.6) is 0 Å². The van der Waals surface area contributed by atoms with Gasteiger partial charge in [0.25, 0.3) is 0 Å². The van der Waals surface area contributed by atoms with Crippen molar-refractivity contribution in [3.63, 3.8) is 0 Å². The molecule has 3 rings (SSSR count). The summed E-state index contributed by atoms with van der Waals surface area (Å²) in [5.41, 5.74) is 2.13. The molecule has 5 nitrogen and oxygen atoms in total. The maximum Gasteiger partial charge on any atom is 0.215 e. The van der Waals surface area contributed by atoms with Gasteiger partial charge in [0.05, 0.1) is 19.0 Å². The number of rotatable bonds is 5. The summed E-state index contributed by atoms with van der Waals surface area (Å²) in [7, 11) is -3.24. The number of benzene rings is 1. The second kappa shape index (κ2) is 7.25. The van der Waals surface area contributed by atoms with Crippen LogP contribution in [0.2, 0.25) is 0 Å². The molecule has 0 unspecified atom stereocenters. The van der Waals surface area contributed by atoms with E-state index >= 15 is 0 Å². The van der Waals surface area contributed by atoms with E-state index in [2.05, 4.69) is 5.32 Å². The summed E-state index contributed by atoms with van der Waals surface area (Å²) >= 11 is 0. The normalized spacial score (nSPS) is 22.7. The summed E-state index contributed by atoms with van der Waals surface area (Å²) in [4.78, 5) is 0. The van der Waals surface area contributed by atoms with Gasteiger partial charge in [-0.1, -0.05) is 6.07 Å². The SMILES string of the molecule is O=S(=O)(CCN[C@@H]1CCCc2cc(F)ccc21)N1CCOCC1. The van der Waals surface area contributed by atoms with Gasteiger partial charge in [-0.2, -0.15) is 4.31 Å². The van der Waals surface area contributed by atoms with Gasteiger partial charge in [0.15, 0.2) is 0 Å². The molecular weight excluding hydrogens is 319 g/mol. The number of nitrogens with one attached hydrogen (secondary N) is 1. The van der Waals surface area contributed by atoms with E-state index in [1.165, 1.54) is 10.4 Å². The highest BCUT2D eigenvalue weighted by Gasteiger charge is 2.25. The van der Waals surface area contributed by atoms with E-state index in [1.54, 1.807) is 6.07 Å². The average Bonchev–Trinajstić information content (AvgIpc) is 2.55. The van der Waals surface area contributed by atoms with Crippen molar-refractivity contribution in [1.82, 2.24) is 9.62 Å². The Morgan fingerprint density at radius 1 is 1.30 bits per heavy atom. The van der Waals surface area contributed by atoms with E-state index in [0.717, 1.165) is 30.4 Å². The molecule has 1 N–H and O–H groups in total. The highest BCUT2D eigenvalue weighted by molar-refractivity contribution is 7.89. The third-order valence-electron chi connectivity index (χ3n) is 4.53. The third-order valence-corrected chi connectivity index (χ3v) is 6.41. The van der Waals surface area contributed by atoms with Crippen molar-refractivity contribution < 1.29 is 17.5 Å². The lowest BCUT2D eigenvalue weighted by Crippen LogP contribution is -2.43. The predicted octanol–water partition coefficient (Wildman–Crippen LogP) is 1.45. The molecule has 1 aromatic rings. The maximum atomic E-state index is 13.3. The molecule has 0 amide bonds. The van der Waals surface area contributed by atoms with Crippen LogP contribution in [0.3, 0.4) is 0 Å². The molecule has 7 heteroatoms. The number of halogens is 1. The van der Waals surface area contributed by atoms with Crippen LogP contribution in [0.15, 0.2) is 18.2 Å². The summed E-state index contributed by atoms with van der Waals surface area (Å²) in [6, 6.07) is 4.99. The van der Waals surface area contributed by atoms with Crippen molar-refractivity contribution in [2.75, 3.05) is 38.6 Å². The molecule has 0 saturated carbocycles. The van der Waals surface area contributed by atoms with E-state index in [-0.39, 0.29) is 17.6 Å². The van der Waals surface area contributed by atoms with Gasteiger partial charge >= 0.3 is 0 Å². The Hall–Kier alpha value is -1.02. The van der Waals surface area contributed by atoms with Gasteiger partial charge in [-0.15, -0.1) is 0 Å².